The highest BCUT2D eigenvalue weighted by Gasteiger charge is 2.12. The average Bonchev–Trinajstić information content (AvgIpc) is 2.65. The van der Waals surface area contributed by atoms with E-state index in [0.29, 0.717) is 5.57 Å². The third-order valence-electron chi connectivity index (χ3n) is 4.10. The third kappa shape index (κ3) is 11.2. The van der Waals surface area contributed by atoms with E-state index < -0.39 is 6.10 Å². The molecule has 0 aromatic carbocycles. The minimum atomic E-state index is -0.454. The summed E-state index contributed by atoms with van der Waals surface area (Å²) in [4.78, 5) is 11.8. The van der Waals surface area contributed by atoms with Crippen LogP contribution in [0.2, 0.25) is 0 Å². The maximum atomic E-state index is 11.8. The van der Waals surface area contributed by atoms with E-state index in [4.69, 9.17) is 5.11 Å². The van der Waals surface area contributed by atoms with Crippen LogP contribution < -0.4 is 5.32 Å². The Labute approximate surface area is 164 Å². The second kappa shape index (κ2) is 14.0. The Morgan fingerprint density at radius 2 is 1.63 bits per heavy atom. The molecule has 0 aliphatic rings. The first-order valence-corrected chi connectivity index (χ1v) is 9.32. The number of aliphatic hydroxyl groups excluding tert-OH is 2. The predicted molar refractivity (Wildman–Crippen MR) is 114 cm³/mol. The van der Waals surface area contributed by atoms with Crippen molar-refractivity contribution in [1.82, 2.24) is 5.32 Å². The largest absolute Gasteiger partial charge is 0.394 e. The SMILES string of the molecule is C/C=C(\C)C(O)C(C)/C=C(C)/C=C/C=C\C=C\C=C(/C)C(=O)NC(C)CO. The summed E-state index contributed by atoms with van der Waals surface area (Å²) in [6.07, 6.45) is 16.6. The van der Waals surface area contributed by atoms with Crippen LogP contribution >= 0.6 is 0 Å². The highest BCUT2D eigenvalue weighted by molar-refractivity contribution is 5.93. The summed E-state index contributed by atoms with van der Waals surface area (Å²) in [5.74, 6) is -0.127. The molecule has 0 saturated carbocycles. The van der Waals surface area contributed by atoms with E-state index in [2.05, 4.69) is 11.4 Å². The molecule has 3 unspecified atom stereocenters. The van der Waals surface area contributed by atoms with Gasteiger partial charge in [-0.25, -0.2) is 0 Å². The summed E-state index contributed by atoms with van der Waals surface area (Å²) >= 11 is 0. The van der Waals surface area contributed by atoms with E-state index in [0.717, 1.165) is 11.1 Å². The lowest BCUT2D eigenvalue weighted by atomic mass is 9.96. The fourth-order valence-electron chi connectivity index (χ4n) is 2.21. The number of rotatable bonds is 10. The number of hydrogen-bond donors (Lipinski definition) is 3. The molecule has 4 heteroatoms. The second-order valence-electron chi connectivity index (χ2n) is 6.78. The molecule has 0 rings (SSSR count). The number of allylic oxidation sites excluding steroid dienone is 9. The van der Waals surface area contributed by atoms with Gasteiger partial charge in [0.2, 0.25) is 5.91 Å². The summed E-state index contributed by atoms with van der Waals surface area (Å²) in [6, 6.07) is -0.253. The monoisotopic (exact) mass is 373 g/mol. The van der Waals surface area contributed by atoms with Gasteiger partial charge in [-0.2, -0.15) is 0 Å². The highest BCUT2D eigenvalue weighted by atomic mass is 16.3. The normalized spacial score (nSPS) is 17.7. The van der Waals surface area contributed by atoms with Crippen molar-refractivity contribution in [3.05, 3.63) is 71.4 Å². The van der Waals surface area contributed by atoms with Crippen LogP contribution in [0.1, 0.15) is 41.5 Å². The molecule has 1 amide bonds. The highest BCUT2D eigenvalue weighted by Crippen LogP contribution is 2.15. The van der Waals surface area contributed by atoms with Gasteiger partial charge >= 0.3 is 0 Å². The van der Waals surface area contributed by atoms with Crippen LogP contribution in [0.25, 0.3) is 0 Å². The molecule has 0 spiro atoms. The van der Waals surface area contributed by atoms with Crippen LogP contribution in [0.4, 0.5) is 0 Å². The lowest BCUT2D eigenvalue weighted by Gasteiger charge is -2.16. The Balaban J connectivity index is 4.56. The standard InChI is InChI=1S/C23H35NO3/c1-7-18(3)22(26)20(5)15-17(2)13-11-9-8-10-12-14-19(4)23(27)24-21(6)16-25/h7-15,20-22,25-26H,16H2,1-6H3,(H,24,27)/b9-8-,12-10+,13-11+,17-15+,18-7+,19-14+. The van der Waals surface area contributed by atoms with Gasteiger partial charge in [0.25, 0.3) is 0 Å². The molecular formula is C23H35NO3. The molecule has 0 radical (unpaired) electrons. The van der Waals surface area contributed by atoms with Gasteiger partial charge in [-0.15, -0.1) is 0 Å². The van der Waals surface area contributed by atoms with Gasteiger partial charge in [0.15, 0.2) is 0 Å². The predicted octanol–water partition coefficient (Wildman–Crippen LogP) is 4.01. The van der Waals surface area contributed by atoms with Crippen molar-refractivity contribution in [2.75, 3.05) is 6.61 Å². The topological polar surface area (TPSA) is 69.6 Å². The Morgan fingerprint density at radius 1 is 1.04 bits per heavy atom. The number of carbonyl (C=O) groups excluding carboxylic acids is 1. The lowest BCUT2D eigenvalue weighted by molar-refractivity contribution is -0.118. The van der Waals surface area contributed by atoms with Crippen molar-refractivity contribution in [2.45, 2.75) is 53.7 Å². The van der Waals surface area contributed by atoms with Crippen LogP contribution in [0.15, 0.2) is 71.4 Å². The van der Waals surface area contributed by atoms with E-state index in [1.54, 1.807) is 26.0 Å². The van der Waals surface area contributed by atoms with Crippen molar-refractivity contribution in [3.63, 3.8) is 0 Å². The van der Waals surface area contributed by atoms with Crippen molar-refractivity contribution >= 4 is 5.91 Å². The Bertz CT molecular complexity index is 636. The zero-order valence-corrected chi connectivity index (χ0v) is 17.4. The first-order chi connectivity index (χ1) is 12.7. The average molecular weight is 374 g/mol. The number of nitrogens with one attached hydrogen (secondary N) is 1. The summed E-state index contributed by atoms with van der Waals surface area (Å²) in [7, 11) is 0. The zero-order valence-electron chi connectivity index (χ0n) is 17.4. The van der Waals surface area contributed by atoms with E-state index in [9.17, 15) is 9.90 Å². The van der Waals surface area contributed by atoms with Crippen LogP contribution in [0, 0.1) is 5.92 Å². The molecule has 27 heavy (non-hydrogen) atoms. The minimum Gasteiger partial charge on any atom is -0.394 e. The second-order valence-corrected chi connectivity index (χ2v) is 6.78. The Morgan fingerprint density at radius 3 is 2.22 bits per heavy atom. The Hall–Kier alpha value is -2.17. The molecule has 0 fully saturated rings. The number of hydrogen-bond acceptors (Lipinski definition) is 3. The molecule has 0 bridgehead atoms. The van der Waals surface area contributed by atoms with Crippen molar-refractivity contribution in [2.24, 2.45) is 5.92 Å². The van der Waals surface area contributed by atoms with Gasteiger partial charge in [-0.1, -0.05) is 67.2 Å². The molecule has 4 nitrogen and oxygen atoms in total. The molecule has 150 valence electrons. The molecule has 0 aliphatic heterocycles. The quantitative estimate of drug-likeness (QED) is 0.308. The first-order valence-electron chi connectivity index (χ1n) is 9.32. The first kappa shape index (κ1) is 24.8. The van der Waals surface area contributed by atoms with Crippen LogP contribution in [0.5, 0.6) is 0 Å². The summed E-state index contributed by atoms with van der Waals surface area (Å²) in [6.45, 7) is 11.3. The summed E-state index contributed by atoms with van der Waals surface area (Å²) in [5, 5.41) is 21.8. The van der Waals surface area contributed by atoms with E-state index in [-0.39, 0.29) is 24.5 Å². The molecule has 0 aliphatic carbocycles. The molecule has 0 heterocycles. The van der Waals surface area contributed by atoms with E-state index in [1.807, 2.05) is 64.2 Å². The van der Waals surface area contributed by atoms with Gasteiger partial charge in [0.1, 0.15) is 0 Å². The fraction of sp³-hybridized carbons (Fsp3) is 0.435. The van der Waals surface area contributed by atoms with Gasteiger partial charge in [0, 0.05) is 17.5 Å². The fourth-order valence-corrected chi connectivity index (χ4v) is 2.21. The molecule has 0 aromatic heterocycles. The Kier molecular flexibility index (Phi) is 12.8. The number of carbonyl (C=O) groups is 1. The third-order valence-corrected chi connectivity index (χ3v) is 4.10. The van der Waals surface area contributed by atoms with Crippen molar-refractivity contribution in [1.29, 1.82) is 0 Å². The maximum Gasteiger partial charge on any atom is 0.247 e. The van der Waals surface area contributed by atoms with Crippen LogP contribution in [-0.4, -0.2) is 34.9 Å². The molecule has 3 atom stereocenters. The molecular weight excluding hydrogens is 338 g/mol. The van der Waals surface area contributed by atoms with Gasteiger partial charge < -0.3 is 15.5 Å². The smallest absolute Gasteiger partial charge is 0.247 e. The number of aliphatic hydroxyl groups is 2. The summed E-state index contributed by atoms with van der Waals surface area (Å²) < 4.78 is 0. The van der Waals surface area contributed by atoms with Crippen molar-refractivity contribution < 1.29 is 15.0 Å². The van der Waals surface area contributed by atoms with E-state index >= 15 is 0 Å². The number of amides is 1. The van der Waals surface area contributed by atoms with Crippen LogP contribution in [0.3, 0.4) is 0 Å². The summed E-state index contributed by atoms with van der Waals surface area (Å²) in [5.41, 5.74) is 2.64. The maximum absolute atomic E-state index is 11.8. The molecule has 0 saturated heterocycles. The molecule has 3 N–H and O–H groups in total. The minimum absolute atomic E-state index is 0.0579. The van der Waals surface area contributed by atoms with Gasteiger partial charge in [0.05, 0.1) is 12.7 Å². The van der Waals surface area contributed by atoms with Crippen LogP contribution in [-0.2, 0) is 4.79 Å². The zero-order chi connectivity index (χ0) is 20.8. The molecule has 0 aromatic rings. The van der Waals surface area contributed by atoms with E-state index in [1.165, 1.54) is 0 Å². The van der Waals surface area contributed by atoms with Gasteiger partial charge in [-0.05, 0) is 40.2 Å². The lowest BCUT2D eigenvalue weighted by Crippen LogP contribution is -2.35. The van der Waals surface area contributed by atoms with Crippen molar-refractivity contribution in [3.8, 4) is 0 Å². The van der Waals surface area contributed by atoms with Gasteiger partial charge in [-0.3, -0.25) is 4.79 Å².